The molecule has 2 heterocycles. The van der Waals surface area contributed by atoms with Gasteiger partial charge < -0.3 is 20.7 Å². The van der Waals surface area contributed by atoms with E-state index in [1.54, 1.807) is 0 Å². The Morgan fingerprint density at radius 1 is 1.06 bits per heavy atom. The van der Waals surface area contributed by atoms with Gasteiger partial charge in [-0.1, -0.05) is 0 Å². The lowest BCUT2D eigenvalue weighted by Crippen LogP contribution is -2.13. The average Bonchev–Trinajstić information content (AvgIpc) is 2.71. The Kier molecular flexibility index (Phi) is 5.30. The zero-order valence-electron chi connectivity index (χ0n) is 15.8. The molecule has 0 aliphatic rings. The highest BCUT2D eigenvalue weighted by Crippen LogP contribution is 2.32. The van der Waals surface area contributed by atoms with E-state index in [0.717, 1.165) is 0 Å². The van der Waals surface area contributed by atoms with Gasteiger partial charge in [0, 0.05) is 34.8 Å². The van der Waals surface area contributed by atoms with Gasteiger partial charge in [-0.05, 0) is 24.3 Å². The summed E-state index contributed by atoms with van der Waals surface area (Å²) in [4.78, 5) is 31.2. The Morgan fingerprint density at radius 3 is 2.52 bits per heavy atom. The van der Waals surface area contributed by atoms with Gasteiger partial charge in [0.25, 0.3) is 5.56 Å². The number of nitrogens with one attached hydrogen (secondary N) is 3. The molecule has 4 rings (SSSR count). The van der Waals surface area contributed by atoms with Crippen molar-refractivity contribution >= 4 is 44.8 Å². The number of aliphatic hydroxyl groups excluding tert-OH is 1. The Hall–Kier alpha value is -3.92. The molecule has 0 bridgehead atoms. The summed E-state index contributed by atoms with van der Waals surface area (Å²) in [6, 6.07) is 7.17. The molecule has 0 aliphatic carbocycles. The largest absolute Gasteiger partial charge is 0.396 e. The van der Waals surface area contributed by atoms with Crippen LogP contribution in [-0.4, -0.2) is 27.6 Å². The number of rotatable bonds is 5. The molecule has 0 unspecified atom stereocenters. The van der Waals surface area contributed by atoms with E-state index < -0.39 is 34.6 Å². The number of aliphatic hydroxyl groups is 1. The molecule has 1 amide bonds. The number of fused-ring (bicyclic) bond motifs is 3. The second-order valence-electron chi connectivity index (χ2n) is 6.68. The number of carbonyl (C=O) groups excluding carboxylic acids is 1. The van der Waals surface area contributed by atoms with Crippen LogP contribution in [0.15, 0.2) is 47.4 Å². The summed E-state index contributed by atoms with van der Waals surface area (Å²) in [5.74, 6) is -3.79. The van der Waals surface area contributed by atoms with Gasteiger partial charge in [0.05, 0.1) is 23.9 Å². The van der Waals surface area contributed by atoms with Gasteiger partial charge in [-0.15, -0.1) is 0 Å². The summed E-state index contributed by atoms with van der Waals surface area (Å²) < 4.78 is 41.5. The van der Waals surface area contributed by atoms with E-state index in [1.807, 2.05) is 0 Å². The standard InChI is InChI=1S/C21H15F3N4O3/c22-10-7-14(23)19(15(24)8-10)28-20-12-3-5-25-21(31)18(12)13-9-11(1-2-16(13)27-20)26-17(30)4-6-29/h1-3,5,7-9,29H,4,6H2,(H,25,31)(H,26,30)(H,27,28). The molecule has 7 nitrogen and oxygen atoms in total. The van der Waals surface area contributed by atoms with E-state index in [0.29, 0.717) is 28.7 Å². The van der Waals surface area contributed by atoms with Crippen molar-refractivity contribution in [2.75, 3.05) is 17.2 Å². The molecular weight excluding hydrogens is 413 g/mol. The first kappa shape index (κ1) is 20.4. The van der Waals surface area contributed by atoms with Crippen LogP contribution < -0.4 is 16.2 Å². The minimum atomic E-state index is -1.15. The highest BCUT2D eigenvalue weighted by atomic mass is 19.1. The first-order chi connectivity index (χ1) is 14.9. The Labute approximate surface area is 172 Å². The van der Waals surface area contributed by atoms with Crippen molar-refractivity contribution in [2.45, 2.75) is 6.42 Å². The van der Waals surface area contributed by atoms with Crippen molar-refractivity contribution < 1.29 is 23.1 Å². The Balaban J connectivity index is 1.89. The summed E-state index contributed by atoms with van der Waals surface area (Å²) in [6.07, 6.45) is 1.27. The first-order valence-electron chi connectivity index (χ1n) is 9.15. The van der Waals surface area contributed by atoms with Gasteiger partial charge in [-0.25, -0.2) is 18.2 Å². The zero-order chi connectivity index (χ0) is 22.1. The number of hydrogen-bond donors (Lipinski definition) is 4. The first-order valence-corrected chi connectivity index (χ1v) is 9.15. The second-order valence-corrected chi connectivity index (χ2v) is 6.68. The number of anilines is 3. The summed E-state index contributed by atoms with van der Waals surface area (Å²) in [5.41, 5.74) is -0.391. The van der Waals surface area contributed by atoms with Gasteiger partial charge in [-0.3, -0.25) is 9.59 Å². The number of aromatic amines is 1. The minimum absolute atomic E-state index is 0.00456. The van der Waals surface area contributed by atoms with Crippen LogP contribution in [0.4, 0.5) is 30.4 Å². The third-order valence-corrected chi connectivity index (χ3v) is 4.59. The predicted octanol–water partition coefficient (Wildman–Crippen LogP) is 3.56. The van der Waals surface area contributed by atoms with Crippen molar-refractivity contribution in [3.63, 3.8) is 0 Å². The molecule has 31 heavy (non-hydrogen) atoms. The van der Waals surface area contributed by atoms with Crippen LogP contribution in [0.5, 0.6) is 0 Å². The lowest BCUT2D eigenvalue weighted by atomic mass is 10.1. The number of aromatic nitrogens is 2. The molecular formula is C21H15F3N4O3. The van der Waals surface area contributed by atoms with Crippen LogP contribution in [0.2, 0.25) is 0 Å². The fourth-order valence-corrected chi connectivity index (χ4v) is 3.24. The molecule has 0 radical (unpaired) electrons. The van der Waals surface area contributed by atoms with Gasteiger partial charge in [0.2, 0.25) is 5.91 Å². The van der Waals surface area contributed by atoms with Crippen molar-refractivity contribution in [1.82, 2.24) is 9.97 Å². The number of nitrogens with zero attached hydrogens (tertiary/aromatic N) is 1. The molecule has 0 spiro atoms. The van der Waals surface area contributed by atoms with Crippen LogP contribution >= 0.6 is 0 Å². The van der Waals surface area contributed by atoms with E-state index in [9.17, 15) is 22.8 Å². The number of benzene rings is 2. The van der Waals surface area contributed by atoms with E-state index in [4.69, 9.17) is 5.11 Å². The summed E-state index contributed by atoms with van der Waals surface area (Å²) in [6.45, 7) is -0.310. The molecule has 2 aromatic heterocycles. The zero-order valence-corrected chi connectivity index (χ0v) is 15.8. The van der Waals surface area contributed by atoms with E-state index in [-0.39, 0.29) is 29.6 Å². The number of carbonyl (C=O) groups is 1. The predicted molar refractivity (Wildman–Crippen MR) is 110 cm³/mol. The fourth-order valence-electron chi connectivity index (χ4n) is 3.24. The molecule has 0 aliphatic heterocycles. The van der Waals surface area contributed by atoms with Crippen LogP contribution in [0.3, 0.4) is 0 Å². The fraction of sp³-hybridized carbons (Fsp3) is 0.0952. The Morgan fingerprint density at radius 2 is 1.81 bits per heavy atom. The van der Waals surface area contributed by atoms with E-state index in [1.165, 1.54) is 30.5 Å². The van der Waals surface area contributed by atoms with Crippen molar-refractivity contribution in [1.29, 1.82) is 0 Å². The second kappa shape index (κ2) is 8.07. The maximum absolute atomic E-state index is 14.1. The topological polar surface area (TPSA) is 107 Å². The van der Waals surface area contributed by atoms with Crippen LogP contribution in [0, 0.1) is 17.5 Å². The van der Waals surface area contributed by atoms with E-state index in [2.05, 4.69) is 20.6 Å². The maximum Gasteiger partial charge on any atom is 0.256 e. The van der Waals surface area contributed by atoms with Crippen molar-refractivity contribution in [2.24, 2.45) is 0 Å². The molecule has 0 fully saturated rings. The highest BCUT2D eigenvalue weighted by Gasteiger charge is 2.17. The number of H-pyrrole nitrogens is 1. The normalized spacial score (nSPS) is 11.1. The maximum atomic E-state index is 14.1. The molecule has 4 N–H and O–H groups in total. The highest BCUT2D eigenvalue weighted by molar-refractivity contribution is 6.11. The summed E-state index contributed by atoms with van der Waals surface area (Å²) in [5, 5.41) is 14.8. The SMILES string of the molecule is O=C(CCO)Nc1ccc2nc(Nc3c(F)cc(F)cc3F)c3cc[nH]c(=O)c3c2c1. The van der Waals surface area contributed by atoms with E-state index >= 15 is 0 Å². The number of amides is 1. The van der Waals surface area contributed by atoms with Crippen molar-refractivity contribution in [3.8, 4) is 0 Å². The van der Waals surface area contributed by atoms with Crippen molar-refractivity contribution in [3.05, 3.63) is 70.4 Å². The smallest absolute Gasteiger partial charge is 0.256 e. The number of pyridine rings is 2. The Bertz CT molecular complexity index is 1360. The third kappa shape index (κ3) is 3.92. The van der Waals surface area contributed by atoms with Crippen LogP contribution in [-0.2, 0) is 4.79 Å². The summed E-state index contributed by atoms with van der Waals surface area (Å²) in [7, 11) is 0. The average molecular weight is 428 g/mol. The quantitative estimate of drug-likeness (QED) is 0.364. The molecule has 10 heteroatoms. The molecule has 0 saturated heterocycles. The van der Waals surface area contributed by atoms with Gasteiger partial charge in [0.1, 0.15) is 17.3 Å². The molecule has 2 aromatic carbocycles. The molecule has 0 atom stereocenters. The number of hydrogen-bond acceptors (Lipinski definition) is 5. The minimum Gasteiger partial charge on any atom is -0.396 e. The monoisotopic (exact) mass is 428 g/mol. The van der Waals surface area contributed by atoms with Gasteiger partial charge in [-0.2, -0.15) is 0 Å². The number of halogens is 3. The lowest BCUT2D eigenvalue weighted by molar-refractivity contribution is -0.116. The third-order valence-electron chi connectivity index (χ3n) is 4.59. The van der Waals surface area contributed by atoms with Crippen LogP contribution in [0.1, 0.15) is 6.42 Å². The van der Waals surface area contributed by atoms with Gasteiger partial charge >= 0.3 is 0 Å². The van der Waals surface area contributed by atoms with Gasteiger partial charge in [0.15, 0.2) is 11.6 Å². The summed E-state index contributed by atoms with van der Waals surface area (Å²) >= 11 is 0. The lowest BCUT2D eigenvalue weighted by Gasteiger charge is -2.13. The molecule has 158 valence electrons. The molecule has 0 saturated carbocycles. The van der Waals surface area contributed by atoms with Crippen LogP contribution in [0.25, 0.3) is 21.7 Å². The molecule has 4 aromatic rings.